The van der Waals surface area contributed by atoms with Crippen LogP contribution in [0.15, 0.2) is 53.9 Å². The summed E-state index contributed by atoms with van der Waals surface area (Å²) >= 11 is 1.23. The Morgan fingerprint density at radius 3 is 2.32 bits per heavy atom. The van der Waals surface area contributed by atoms with E-state index in [2.05, 4.69) is 17.1 Å². The number of carboxylic acid groups (broad SMARTS) is 1. The van der Waals surface area contributed by atoms with Gasteiger partial charge in [-0.15, -0.1) is 11.3 Å². The zero-order valence-corrected chi connectivity index (χ0v) is 18.2. The summed E-state index contributed by atoms with van der Waals surface area (Å²) < 4.78 is 10.6. The molecule has 0 saturated heterocycles. The fourth-order valence-corrected chi connectivity index (χ4v) is 3.91. The molecule has 0 aliphatic heterocycles. The Kier molecular flexibility index (Phi) is 7.61. The topological polar surface area (TPSA) is 89.0 Å². The van der Waals surface area contributed by atoms with Crippen LogP contribution in [0, 0.1) is 0 Å². The van der Waals surface area contributed by atoms with Crippen molar-refractivity contribution in [1.82, 2.24) is 9.88 Å². The van der Waals surface area contributed by atoms with E-state index in [0.29, 0.717) is 28.6 Å². The fourth-order valence-electron chi connectivity index (χ4n) is 3.13. The number of rotatable bonds is 10. The van der Waals surface area contributed by atoms with Crippen LogP contribution >= 0.6 is 11.3 Å². The molecule has 31 heavy (non-hydrogen) atoms. The molecule has 0 bridgehead atoms. The Hall–Kier alpha value is -3.39. The van der Waals surface area contributed by atoms with Gasteiger partial charge in [-0.05, 0) is 30.5 Å². The molecule has 1 aromatic heterocycles. The Balaban J connectivity index is 1.81. The number of aryl methyl sites for hydroxylation is 1. The third-order valence-corrected chi connectivity index (χ3v) is 5.55. The van der Waals surface area contributed by atoms with Crippen LogP contribution in [-0.2, 0) is 13.0 Å². The fraction of sp³-hybridized carbons (Fsp3) is 0.261. The molecule has 0 unspecified atom stereocenters. The molecule has 0 fully saturated rings. The second-order valence-electron chi connectivity index (χ2n) is 6.85. The van der Waals surface area contributed by atoms with Crippen LogP contribution in [0.25, 0.3) is 0 Å². The molecule has 1 N–H and O–H groups in total. The summed E-state index contributed by atoms with van der Waals surface area (Å²) in [5.41, 5.74) is 1.62. The summed E-state index contributed by atoms with van der Waals surface area (Å²) in [6, 6.07) is 15.1. The highest BCUT2D eigenvalue weighted by molar-refractivity contribution is 7.09. The summed E-state index contributed by atoms with van der Waals surface area (Å²) in [5, 5.41) is 11.2. The van der Waals surface area contributed by atoms with Crippen LogP contribution in [0.4, 0.5) is 0 Å². The highest BCUT2D eigenvalue weighted by Crippen LogP contribution is 2.24. The molecule has 8 heteroatoms. The van der Waals surface area contributed by atoms with Crippen LogP contribution in [0.3, 0.4) is 0 Å². The molecule has 3 aromatic rings. The number of carbonyl (C=O) groups is 2. The van der Waals surface area contributed by atoms with E-state index < -0.39 is 5.97 Å². The SMILES string of the molecule is COc1cc(OC)cc(C(=O)N(CCCc2ccccc2)Cc2nc(C(=O)O)cs2)c1. The molecule has 1 heterocycles. The Bertz CT molecular complexity index is 1010. The van der Waals surface area contributed by atoms with Gasteiger partial charge in [0.25, 0.3) is 5.91 Å². The van der Waals surface area contributed by atoms with Gasteiger partial charge in [0, 0.05) is 23.6 Å². The standard InChI is InChI=1S/C23H24N2O5S/c1-29-18-11-17(12-19(13-18)30-2)22(26)25(10-6-9-16-7-4-3-5-8-16)14-21-24-20(15-31-21)23(27)28/h3-5,7-8,11-13,15H,6,9-10,14H2,1-2H3,(H,27,28). The summed E-state index contributed by atoms with van der Waals surface area (Å²) in [6.45, 7) is 0.723. The zero-order chi connectivity index (χ0) is 22.2. The van der Waals surface area contributed by atoms with E-state index in [0.717, 1.165) is 12.8 Å². The number of methoxy groups -OCH3 is 2. The Labute approximate surface area is 184 Å². The molecule has 2 aromatic carbocycles. The predicted octanol–water partition coefficient (Wildman–Crippen LogP) is 4.13. The minimum absolute atomic E-state index is 0.0141. The molecule has 7 nitrogen and oxygen atoms in total. The lowest BCUT2D eigenvalue weighted by atomic mass is 10.1. The summed E-state index contributed by atoms with van der Waals surface area (Å²) in [7, 11) is 3.06. The maximum Gasteiger partial charge on any atom is 0.355 e. The second kappa shape index (κ2) is 10.6. The van der Waals surface area contributed by atoms with Gasteiger partial charge in [0.1, 0.15) is 16.5 Å². The molecule has 0 aliphatic carbocycles. The number of nitrogens with zero attached hydrogens (tertiary/aromatic N) is 2. The third-order valence-electron chi connectivity index (χ3n) is 4.72. The number of hydrogen-bond acceptors (Lipinski definition) is 6. The van der Waals surface area contributed by atoms with Gasteiger partial charge in [0.2, 0.25) is 0 Å². The van der Waals surface area contributed by atoms with E-state index in [1.165, 1.54) is 36.5 Å². The van der Waals surface area contributed by atoms with Gasteiger partial charge >= 0.3 is 5.97 Å². The lowest BCUT2D eigenvalue weighted by Gasteiger charge is -2.22. The van der Waals surface area contributed by atoms with Gasteiger partial charge in [0.05, 0.1) is 20.8 Å². The van der Waals surface area contributed by atoms with Gasteiger partial charge in [-0.2, -0.15) is 0 Å². The minimum atomic E-state index is -1.08. The monoisotopic (exact) mass is 440 g/mol. The van der Waals surface area contributed by atoms with Crippen molar-refractivity contribution < 1.29 is 24.2 Å². The van der Waals surface area contributed by atoms with Gasteiger partial charge in [0.15, 0.2) is 5.69 Å². The van der Waals surface area contributed by atoms with Gasteiger partial charge in [-0.25, -0.2) is 9.78 Å². The number of ether oxygens (including phenoxy) is 2. The van der Waals surface area contributed by atoms with E-state index in [9.17, 15) is 9.59 Å². The first-order valence-corrected chi connectivity index (χ1v) is 10.6. The maximum absolute atomic E-state index is 13.3. The molecule has 0 radical (unpaired) electrons. The lowest BCUT2D eigenvalue weighted by Crippen LogP contribution is -2.32. The number of amides is 1. The highest BCUT2D eigenvalue weighted by atomic mass is 32.1. The van der Waals surface area contributed by atoms with Crippen molar-refractivity contribution in [2.75, 3.05) is 20.8 Å². The van der Waals surface area contributed by atoms with Crippen LogP contribution in [0.2, 0.25) is 0 Å². The number of aromatic carboxylic acids is 1. The summed E-state index contributed by atoms with van der Waals surface area (Å²) in [4.78, 5) is 30.3. The van der Waals surface area contributed by atoms with Crippen molar-refractivity contribution in [2.45, 2.75) is 19.4 Å². The first-order valence-electron chi connectivity index (χ1n) is 9.74. The average Bonchev–Trinajstić information content (AvgIpc) is 3.27. The molecule has 162 valence electrons. The lowest BCUT2D eigenvalue weighted by molar-refractivity contribution is 0.0691. The number of thiazole rings is 1. The van der Waals surface area contributed by atoms with Crippen molar-refractivity contribution in [3.8, 4) is 11.5 Å². The molecule has 0 saturated carbocycles. The number of hydrogen-bond donors (Lipinski definition) is 1. The third kappa shape index (κ3) is 6.05. The van der Waals surface area contributed by atoms with Crippen LogP contribution < -0.4 is 9.47 Å². The van der Waals surface area contributed by atoms with Crippen LogP contribution in [0.1, 0.15) is 37.8 Å². The molecule has 0 atom stereocenters. The summed E-state index contributed by atoms with van der Waals surface area (Å²) in [5.74, 6) is -0.233. The molecule has 3 rings (SSSR count). The van der Waals surface area contributed by atoms with E-state index >= 15 is 0 Å². The summed E-state index contributed by atoms with van der Waals surface area (Å²) in [6.07, 6.45) is 1.58. The highest BCUT2D eigenvalue weighted by Gasteiger charge is 2.20. The Morgan fingerprint density at radius 1 is 1.06 bits per heavy atom. The second-order valence-corrected chi connectivity index (χ2v) is 7.79. The number of carbonyl (C=O) groups excluding carboxylic acids is 1. The molecular formula is C23H24N2O5S. The molecule has 0 aliphatic rings. The van der Waals surface area contributed by atoms with Crippen LogP contribution in [-0.4, -0.2) is 47.6 Å². The average molecular weight is 441 g/mol. The van der Waals surface area contributed by atoms with E-state index in [-0.39, 0.29) is 18.1 Å². The van der Waals surface area contributed by atoms with Crippen molar-refractivity contribution in [3.63, 3.8) is 0 Å². The van der Waals surface area contributed by atoms with E-state index in [1.54, 1.807) is 23.1 Å². The van der Waals surface area contributed by atoms with Crippen molar-refractivity contribution in [1.29, 1.82) is 0 Å². The van der Waals surface area contributed by atoms with Gasteiger partial charge in [-0.3, -0.25) is 4.79 Å². The molecular weight excluding hydrogens is 416 g/mol. The normalized spacial score (nSPS) is 10.5. The smallest absolute Gasteiger partial charge is 0.355 e. The first kappa shape index (κ1) is 22.3. The maximum atomic E-state index is 13.3. The number of carboxylic acids is 1. The molecule has 0 spiro atoms. The van der Waals surface area contributed by atoms with Crippen molar-refractivity contribution in [3.05, 3.63) is 75.7 Å². The number of benzene rings is 2. The zero-order valence-electron chi connectivity index (χ0n) is 17.4. The largest absolute Gasteiger partial charge is 0.497 e. The van der Waals surface area contributed by atoms with E-state index in [4.69, 9.17) is 14.6 Å². The van der Waals surface area contributed by atoms with Crippen molar-refractivity contribution >= 4 is 23.2 Å². The van der Waals surface area contributed by atoms with Crippen molar-refractivity contribution in [2.24, 2.45) is 0 Å². The van der Waals surface area contributed by atoms with E-state index in [1.807, 2.05) is 18.2 Å². The molecule has 1 amide bonds. The van der Waals surface area contributed by atoms with Crippen LogP contribution in [0.5, 0.6) is 11.5 Å². The predicted molar refractivity (Wildman–Crippen MR) is 118 cm³/mol. The minimum Gasteiger partial charge on any atom is -0.497 e. The number of aromatic nitrogens is 1. The van der Waals surface area contributed by atoms with Gasteiger partial charge < -0.3 is 19.5 Å². The van der Waals surface area contributed by atoms with Gasteiger partial charge in [-0.1, -0.05) is 30.3 Å². The quantitative estimate of drug-likeness (QED) is 0.510. The first-order chi connectivity index (χ1) is 15.0. The Morgan fingerprint density at radius 2 is 1.74 bits per heavy atom.